The fourth-order valence-corrected chi connectivity index (χ4v) is 3.98. The maximum atomic E-state index is 13.4. The molecule has 0 atom stereocenters. The molecule has 0 spiro atoms. The smallest absolute Gasteiger partial charge is 0.264 e. The van der Waals surface area contributed by atoms with Crippen molar-refractivity contribution in [1.29, 1.82) is 0 Å². The molecule has 0 aliphatic heterocycles. The van der Waals surface area contributed by atoms with Gasteiger partial charge in [-0.25, -0.2) is 17.8 Å². The first-order valence-electron chi connectivity index (χ1n) is 8.15. The van der Waals surface area contributed by atoms with Crippen LogP contribution in [0.1, 0.15) is 25.3 Å². The summed E-state index contributed by atoms with van der Waals surface area (Å²) >= 11 is 0. The molecule has 3 aromatic rings. The van der Waals surface area contributed by atoms with E-state index in [-0.39, 0.29) is 10.7 Å². The largest absolute Gasteiger partial charge is 0.331 e. The molecule has 1 aromatic carbocycles. The highest BCUT2D eigenvalue weighted by Gasteiger charge is 2.22. The van der Waals surface area contributed by atoms with Crippen molar-refractivity contribution in [2.24, 2.45) is 0 Å². The number of rotatable bonds is 6. The second kappa shape index (κ2) is 6.84. The number of sulfonamides is 1. The molecule has 0 bridgehead atoms. The SMILES string of the molecule is CCCCn1cc(S(=O)(=O)Nc2ccc(F)c(C)c2)c2cccnc21. The van der Waals surface area contributed by atoms with E-state index < -0.39 is 10.0 Å². The minimum atomic E-state index is -3.81. The number of nitrogens with one attached hydrogen (secondary N) is 1. The Labute approximate surface area is 146 Å². The van der Waals surface area contributed by atoms with Crippen molar-refractivity contribution in [3.63, 3.8) is 0 Å². The topological polar surface area (TPSA) is 64.0 Å². The van der Waals surface area contributed by atoms with Gasteiger partial charge in [-0.1, -0.05) is 13.3 Å². The summed E-state index contributed by atoms with van der Waals surface area (Å²) in [5.41, 5.74) is 1.36. The first-order valence-corrected chi connectivity index (χ1v) is 9.63. The second-order valence-corrected chi connectivity index (χ2v) is 7.64. The third kappa shape index (κ3) is 3.51. The van der Waals surface area contributed by atoms with Crippen LogP contribution in [0, 0.1) is 12.7 Å². The van der Waals surface area contributed by atoms with E-state index in [1.165, 1.54) is 18.2 Å². The normalized spacial score (nSPS) is 11.8. The van der Waals surface area contributed by atoms with Gasteiger partial charge in [0.15, 0.2) is 0 Å². The molecule has 5 nitrogen and oxygen atoms in total. The monoisotopic (exact) mass is 361 g/mol. The Hall–Kier alpha value is -2.41. The molecule has 0 saturated carbocycles. The van der Waals surface area contributed by atoms with Crippen LogP contribution in [0.25, 0.3) is 11.0 Å². The van der Waals surface area contributed by atoms with Gasteiger partial charge in [0, 0.05) is 30.0 Å². The number of benzene rings is 1. The van der Waals surface area contributed by atoms with Crippen LogP contribution in [0.3, 0.4) is 0 Å². The number of hydrogen-bond acceptors (Lipinski definition) is 3. The van der Waals surface area contributed by atoms with Gasteiger partial charge in [0.25, 0.3) is 10.0 Å². The van der Waals surface area contributed by atoms with E-state index in [2.05, 4.69) is 16.6 Å². The summed E-state index contributed by atoms with van der Waals surface area (Å²) in [5, 5.41) is 0.574. The standard InChI is InChI=1S/C18H20FN3O2S/c1-3-4-10-22-12-17(15-6-5-9-20-18(15)22)25(23,24)21-14-7-8-16(19)13(2)11-14/h5-9,11-12,21H,3-4,10H2,1-2H3. The highest BCUT2D eigenvalue weighted by atomic mass is 32.2. The van der Waals surface area contributed by atoms with E-state index in [1.807, 2.05) is 4.57 Å². The fourth-order valence-electron chi connectivity index (χ4n) is 2.72. The van der Waals surface area contributed by atoms with Crippen LogP contribution >= 0.6 is 0 Å². The van der Waals surface area contributed by atoms with Crippen molar-refractivity contribution in [2.45, 2.75) is 38.1 Å². The number of halogens is 1. The van der Waals surface area contributed by atoms with Gasteiger partial charge in [0.1, 0.15) is 16.4 Å². The molecule has 2 heterocycles. The number of anilines is 1. The summed E-state index contributed by atoms with van der Waals surface area (Å²) in [7, 11) is -3.81. The number of nitrogens with zero attached hydrogens (tertiary/aromatic N) is 2. The molecule has 0 fully saturated rings. The van der Waals surface area contributed by atoms with Gasteiger partial charge in [-0.2, -0.15) is 0 Å². The zero-order chi connectivity index (χ0) is 18.0. The van der Waals surface area contributed by atoms with Crippen molar-refractivity contribution in [1.82, 2.24) is 9.55 Å². The van der Waals surface area contributed by atoms with Crippen LogP contribution in [-0.2, 0) is 16.6 Å². The van der Waals surface area contributed by atoms with Gasteiger partial charge in [-0.15, -0.1) is 0 Å². The molecular weight excluding hydrogens is 341 g/mol. The summed E-state index contributed by atoms with van der Waals surface area (Å²) in [6, 6.07) is 7.60. The van der Waals surface area contributed by atoms with Crippen molar-refractivity contribution in [3.8, 4) is 0 Å². The van der Waals surface area contributed by atoms with Gasteiger partial charge < -0.3 is 4.57 Å². The van der Waals surface area contributed by atoms with E-state index in [4.69, 9.17) is 0 Å². The molecule has 0 aliphatic carbocycles. The van der Waals surface area contributed by atoms with Crippen LogP contribution in [0.4, 0.5) is 10.1 Å². The second-order valence-electron chi connectivity index (χ2n) is 5.98. The number of hydrogen-bond donors (Lipinski definition) is 1. The van der Waals surface area contributed by atoms with Gasteiger partial charge in [0.05, 0.1) is 0 Å². The molecule has 25 heavy (non-hydrogen) atoms. The Morgan fingerprint density at radius 1 is 1.28 bits per heavy atom. The zero-order valence-electron chi connectivity index (χ0n) is 14.2. The highest BCUT2D eigenvalue weighted by molar-refractivity contribution is 7.93. The minimum absolute atomic E-state index is 0.175. The van der Waals surface area contributed by atoms with E-state index >= 15 is 0 Å². The Morgan fingerprint density at radius 2 is 2.08 bits per heavy atom. The quantitative estimate of drug-likeness (QED) is 0.719. The number of unbranched alkanes of at least 4 members (excludes halogenated alkanes) is 1. The molecule has 0 saturated heterocycles. The first-order chi connectivity index (χ1) is 11.9. The highest BCUT2D eigenvalue weighted by Crippen LogP contribution is 2.26. The lowest BCUT2D eigenvalue weighted by Crippen LogP contribution is -2.13. The summed E-state index contributed by atoms with van der Waals surface area (Å²) in [5.74, 6) is -0.372. The summed E-state index contributed by atoms with van der Waals surface area (Å²) in [6.45, 7) is 4.37. The van der Waals surface area contributed by atoms with Crippen molar-refractivity contribution in [2.75, 3.05) is 4.72 Å². The summed E-state index contributed by atoms with van der Waals surface area (Å²) < 4.78 is 43.5. The number of pyridine rings is 1. The predicted octanol–water partition coefficient (Wildman–Crippen LogP) is 4.08. The van der Waals surface area contributed by atoms with Crippen LogP contribution in [-0.4, -0.2) is 18.0 Å². The molecule has 1 N–H and O–H groups in total. The van der Waals surface area contributed by atoms with Gasteiger partial charge in [-0.3, -0.25) is 4.72 Å². The number of fused-ring (bicyclic) bond motifs is 1. The molecule has 0 radical (unpaired) electrons. The molecule has 132 valence electrons. The lowest BCUT2D eigenvalue weighted by molar-refractivity contribution is 0.599. The molecule has 0 aliphatic rings. The van der Waals surface area contributed by atoms with Crippen LogP contribution in [0.2, 0.25) is 0 Å². The van der Waals surface area contributed by atoms with Crippen molar-refractivity contribution >= 4 is 26.7 Å². The summed E-state index contributed by atoms with van der Waals surface area (Å²) in [6.07, 6.45) is 5.20. The average molecular weight is 361 g/mol. The van der Waals surface area contributed by atoms with E-state index in [0.717, 1.165) is 12.8 Å². The van der Waals surface area contributed by atoms with Gasteiger partial charge in [-0.05, 0) is 49.2 Å². The Bertz CT molecular complexity index is 1010. The Kier molecular flexibility index (Phi) is 4.76. The molecular formula is C18H20FN3O2S. The van der Waals surface area contributed by atoms with Gasteiger partial charge in [0.2, 0.25) is 0 Å². The Balaban J connectivity index is 2.03. The maximum absolute atomic E-state index is 13.4. The molecule has 2 aromatic heterocycles. The third-order valence-electron chi connectivity index (χ3n) is 4.05. The van der Waals surface area contributed by atoms with E-state index in [1.54, 1.807) is 31.5 Å². The summed E-state index contributed by atoms with van der Waals surface area (Å²) in [4.78, 5) is 4.50. The lowest BCUT2D eigenvalue weighted by atomic mass is 10.2. The van der Waals surface area contributed by atoms with Crippen LogP contribution in [0.5, 0.6) is 0 Å². The third-order valence-corrected chi connectivity index (χ3v) is 5.46. The molecule has 0 unspecified atom stereocenters. The first kappa shape index (κ1) is 17.4. The lowest BCUT2D eigenvalue weighted by Gasteiger charge is -2.08. The van der Waals surface area contributed by atoms with Crippen LogP contribution in [0.15, 0.2) is 47.6 Å². The molecule has 3 rings (SSSR count). The van der Waals surface area contributed by atoms with E-state index in [9.17, 15) is 12.8 Å². The maximum Gasteiger partial charge on any atom is 0.264 e. The predicted molar refractivity (Wildman–Crippen MR) is 96.6 cm³/mol. The molecule has 7 heteroatoms. The van der Waals surface area contributed by atoms with Crippen molar-refractivity contribution in [3.05, 3.63) is 54.1 Å². The van der Waals surface area contributed by atoms with Gasteiger partial charge >= 0.3 is 0 Å². The van der Waals surface area contributed by atoms with Crippen LogP contribution < -0.4 is 4.72 Å². The number of aryl methyl sites for hydroxylation is 2. The van der Waals surface area contributed by atoms with E-state index in [0.29, 0.717) is 28.8 Å². The fraction of sp³-hybridized carbons (Fsp3) is 0.278. The Morgan fingerprint density at radius 3 is 2.80 bits per heavy atom. The molecule has 0 amide bonds. The van der Waals surface area contributed by atoms with Crippen molar-refractivity contribution < 1.29 is 12.8 Å². The average Bonchev–Trinajstić information content (AvgIpc) is 2.96. The number of aromatic nitrogens is 2. The zero-order valence-corrected chi connectivity index (χ0v) is 15.0. The minimum Gasteiger partial charge on any atom is -0.331 e.